The molecule has 1 aliphatic rings. The number of carbonyl (C=O) groups is 1. The Hall–Kier alpha value is -1.73. The molecule has 1 amide bonds. The zero-order chi connectivity index (χ0) is 15.2. The summed E-state index contributed by atoms with van der Waals surface area (Å²) in [5.74, 6) is 0.105. The van der Waals surface area contributed by atoms with Crippen LogP contribution >= 0.6 is 0 Å². The second-order valence-electron chi connectivity index (χ2n) is 4.88. The number of methoxy groups -OCH3 is 1. The van der Waals surface area contributed by atoms with Gasteiger partial charge in [0.25, 0.3) is 5.91 Å². The molecule has 0 aliphatic carbocycles. The number of carbonyl (C=O) groups excluding carboxylic acids is 1. The summed E-state index contributed by atoms with van der Waals surface area (Å²) in [7, 11) is 1.57. The number of ether oxygens (including phenoxy) is 2. The number of aliphatic hydroxyl groups is 1. The third kappa shape index (κ3) is 3.89. The van der Waals surface area contributed by atoms with Crippen LogP contribution in [-0.2, 0) is 4.74 Å². The summed E-state index contributed by atoms with van der Waals surface area (Å²) in [5, 5.41) is 9.23. The average Bonchev–Trinajstić information content (AvgIpc) is 2.88. The highest BCUT2D eigenvalue weighted by atomic mass is 19.1. The van der Waals surface area contributed by atoms with E-state index in [4.69, 9.17) is 9.47 Å². The molecule has 116 valence electrons. The normalized spacial score (nSPS) is 21.6. The van der Waals surface area contributed by atoms with Crippen molar-refractivity contribution in [3.8, 4) is 5.75 Å². The van der Waals surface area contributed by atoms with Crippen molar-refractivity contribution >= 4 is 5.91 Å². The molecule has 0 bridgehead atoms. The Morgan fingerprint density at radius 2 is 2.33 bits per heavy atom. The predicted octanol–water partition coefficient (Wildman–Crippen LogP) is 0.652. The second-order valence-corrected chi connectivity index (χ2v) is 4.88. The van der Waals surface area contributed by atoms with Crippen LogP contribution in [0.1, 0.15) is 16.8 Å². The molecule has 0 radical (unpaired) electrons. The van der Waals surface area contributed by atoms with E-state index in [-0.39, 0.29) is 25.5 Å². The number of rotatable bonds is 6. The number of hydrogen-bond donors (Lipinski definition) is 1. The molecule has 0 unspecified atom stereocenters. The number of amides is 1. The van der Waals surface area contributed by atoms with Crippen molar-refractivity contribution in [3.63, 3.8) is 0 Å². The van der Waals surface area contributed by atoms with E-state index < -0.39 is 12.2 Å². The molecular formula is C14H19FN2O4. The number of halogens is 1. The number of aromatic nitrogens is 1. The lowest BCUT2D eigenvalue weighted by atomic mass is 10.2. The highest BCUT2D eigenvalue weighted by molar-refractivity contribution is 5.94. The lowest BCUT2D eigenvalue weighted by Gasteiger charge is -2.22. The van der Waals surface area contributed by atoms with E-state index >= 15 is 0 Å². The Kier molecular flexibility index (Phi) is 5.46. The van der Waals surface area contributed by atoms with Crippen molar-refractivity contribution < 1.29 is 23.8 Å². The molecule has 2 atom stereocenters. The van der Waals surface area contributed by atoms with Crippen molar-refractivity contribution in [1.82, 2.24) is 9.88 Å². The van der Waals surface area contributed by atoms with Crippen molar-refractivity contribution in [2.45, 2.75) is 18.6 Å². The van der Waals surface area contributed by atoms with Gasteiger partial charge in [0.1, 0.15) is 18.5 Å². The topological polar surface area (TPSA) is 71.9 Å². The van der Waals surface area contributed by atoms with Gasteiger partial charge >= 0.3 is 0 Å². The number of aliphatic hydroxyl groups excluding tert-OH is 1. The molecule has 21 heavy (non-hydrogen) atoms. The van der Waals surface area contributed by atoms with Crippen molar-refractivity contribution in [2.24, 2.45) is 0 Å². The van der Waals surface area contributed by atoms with E-state index in [1.807, 2.05) is 0 Å². The zero-order valence-electron chi connectivity index (χ0n) is 11.9. The monoisotopic (exact) mass is 298 g/mol. The maximum Gasteiger partial charge on any atom is 0.255 e. The van der Waals surface area contributed by atoms with Gasteiger partial charge in [-0.15, -0.1) is 0 Å². The number of nitrogens with zero attached hydrogens (tertiary/aromatic N) is 2. The SMILES string of the molecule is COCCOc1cncc(C(=O)N2C[C@@H](F)C[C@H]2CO)c1. The Bertz CT molecular complexity index is 486. The Morgan fingerprint density at radius 3 is 3.05 bits per heavy atom. The first kappa shape index (κ1) is 15.7. The van der Waals surface area contributed by atoms with Gasteiger partial charge in [-0.05, 0) is 6.07 Å². The number of hydrogen-bond acceptors (Lipinski definition) is 5. The fourth-order valence-corrected chi connectivity index (χ4v) is 2.30. The maximum absolute atomic E-state index is 13.4. The molecule has 1 aromatic rings. The fourth-order valence-electron chi connectivity index (χ4n) is 2.30. The summed E-state index contributed by atoms with van der Waals surface area (Å²) in [5.41, 5.74) is 0.317. The Labute approximate surface area is 122 Å². The van der Waals surface area contributed by atoms with Crippen LogP contribution in [0.15, 0.2) is 18.5 Å². The summed E-state index contributed by atoms with van der Waals surface area (Å²) in [6.07, 6.45) is 1.98. The molecule has 2 heterocycles. The van der Waals surface area contributed by atoms with Gasteiger partial charge in [-0.3, -0.25) is 9.78 Å². The predicted molar refractivity (Wildman–Crippen MR) is 73.0 cm³/mol. The van der Waals surface area contributed by atoms with E-state index in [9.17, 15) is 14.3 Å². The van der Waals surface area contributed by atoms with Gasteiger partial charge in [-0.25, -0.2) is 4.39 Å². The summed E-state index contributed by atoms with van der Waals surface area (Å²) < 4.78 is 23.7. The van der Waals surface area contributed by atoms with E-state index in [1.165, 1.54) is 17.3 Å². The van der Waals surface area contributed by atoms with Gasteiger partial charge in [-0.2, -0.15) is 0 Å². The average molecular weight is 298 g/mol. The highest BCUT2D eigenvalue weighted by Crippen LogP contribution is 2.23. The number of alkyl halides is 1. The van der Waals surface area contributed by atoms with Crippen molar-refractivity contribution in [2.75, 3.05) is 33.5 Å². The fraction of sp³-hybridized carbons (Fsp3) is 0.571. The molecule has 6 nitrogen and oxygen atoms in total. The zero-order valence-corrected chi connectivity index (χ0v) is 11.9. The lowest BCUT2D eigenvalue weighted by molar-refractivity contribution is 0.0672. The van der Waals surface area contributed by atoms with Crippen LogP contribution in [0.5, 0.6) is 5.75 Å². The van der Waals surface area contributed by atoms with Crippen LogP contribution in [-0.4, -0.2) is 66.6 Å². The molecule has 1 aliphatic heterocycles. The summed E-state index contributed by atoms with van der Waals surface area (Å²) >= 11 is 0. The standard InChI is InChI=1S/C14H19FN2O4/c1-20-2-3-21-13-4-10(6-16-7-13)14(19)17-8-11(15)5-12(17)9-18/h4,6-7,11-12,18H,2-3,5,8-9H2,1H3/t11-,12-/m0/s1. The van der Waals surface area contributed by atoms with Gasteiger partial charge in [0.15, 0.2) is 0 Å². The molecule has 1 aromatic heterocycles. The minimum absolute atomic E-state index is 0.00117. The lowest BCUT2D eigenvalue weighted by Crippen LogP contribution is -2.37. The summed E-state index contributed by atoms with van der Waals surface area (Å²) in [6.45, 7) is 0.536. The maximum atomic E-state index is 13.4. The third-order valence-electron chi connectivity index (χ3n) is 3.35. The van der Waals surface area contributed by atoms with Crippen LogP contribution in [0.3, 0.4) is 0 Å². The molecule has 2 rings (SSSR count). The van der Waals surface area contributed by atoms with Crippen LogP contribution in [0.4, 0.5) is 4.39 Å². The third-order valence-corrected chi connectivity index (χ3v) is 3.35. The molecule has 0 saturated carbocycles. The van der Waals surface area contributed by atoms with E-state index in [0.717, 1.165) is 0 Å². The molecule has 1 N–H and O–H groups in total. The molecular weight excluding hydrogens is 279 g/mol. The Morgan fingerprint density at radius 1 is 1.52 bits per heavy atom. The first-order valence-corrected chi connectivity index (χ1v) is 6.78. The largest absolute Gasteiger partial charge is 0.490 e. The van der Waals surface area contributed by atoms with Crippen LogP contribution in [0.2, 0.25) is 0 Å². The highest BCUT2D eigenvalue weighted by Gasteiger charge is 2.35. The smallest absolute Gasteiger partial charge is 0.255 e. The van der Waals surface area contributed by atoms with Crippen molar-refractivity contribution in [1.29, 1.82) is 0 Å². The minimum atomic E-state index is -1.10. The second kappa shape index (κ2) is 7.33. The summed E-state index contributed by atoms with van der Waals surface area (Å²) in [6, 6.07) is 1.08. The quantitative estimate of drug-likeness (QED) is 0.781. The Balaban J connectivity index is 2.06. The van der Waals surface area contributed by atoms with E-state index in [2.05, 4.69) is 4.98 Å². The molecule has 0 spiro atoms. The van der Waals surface area contributed by atoms with Crippen LogP contribution in [0, 0.1) is 0 Å². The minimum Gasteiger partial charge on any atom is -0.490 e. The molecule has 0 aromatic carbocycles. The van der Waals surface area contributed by atoms with E-state index in [1.54, 1.807) is 13.2 Å². The van der Waals surface area contributed by atoms with Crippen molar-refractivity contribution in [3.05, 3.63) is 24.0 Å². The van der Waals surface area contributed by atoms with Gasteiger partial charge in [0.2, 0.25) is 0 Å². The van der Waals surface area contributed by atoms with Gasteiger partial charge in [0.05, 0.1) is 37.6 Å². The first-order chi connectivity index (χ1) is 10.2. The van der Waals surface area contributed by atoms with Gasteiger partial charge in [-0.1, -0.05) is 0 Å². The van der Waals surface area contributed by atoms with E-state index in [0.29, 0.717) is 24.5 Å². The number of pyridine rings is 1. The molecule has 7 heteroatoms. The molecule has 1 fully saturated rings. The number of likely N-dealkylation sites (tertiary alicyclic amines) is 1. The van der Waals surface area contributed by atoms with Gasteiger partial charge in [0, 0.05) is 19.7 Å². The van der Waals surface area contributed by atoms with Crippen LogP contribution < -0.4 is 4.74 Å². The van der Waals surface area contributed by atoms with Crippen LogP contribution in [0.25, 0.3) is 0 Å². The summed E-state index contributed by atoms with van der Waals surface area (Å²) in [4.78, 5) is 17.7. The first-order valence-electron chi connectivity index (χ1n) is 6.78. The molecule has 1 saturated heterocycles. The van der Waals surface area contributed by atoms with Gasteiger partial charge < -0.3 is 19.5 Å².